The van der Waals surface area contributed by atoms with Gasteiger partial charge in [-0.3, -0.25) is 0 Å². The number of aromatic nitrogens is 1. The molecule has 2 aliphatic rings. The molecule has 1 unspecified atom stereocenters. The van der Waals surface area contributed by atoms with Crippen molar-refractivity contribution in [2.75, 3.05) is 9.80 Å². The molecular weight excluding hydrogens is 823 g/mol. The summed E-state index contributed by atoms with van der Waals surface area (Å²) in [4.78, 5) is 4.97. The summed E-state index contributed by atoms with van der Waals surface area (Å²) in [5.41, 5.74) is 19.9. The third-order valence-corrected chi connectivity index (χ3v) is 14.5. The highest BCUT2D eigenvalue weighted by Crippen LogP contribution is 2.66. The van der Waals surface area contributed by atoms with Gasteiger partial charge in [-0.05, 0) is 112 Å². The van der Waals surface area contributed by atoms with E-state index in [1.165, 1.54) is 71.6 Å². The lowest BCUT2D eigenvalue weighted by Crippen LogP contribution is -2.26. The van der Waals surface area contributed by atoms with E-state index in [2.05, 4.69) is 275 Å². The van der Waals surface area contributed by atoms with Crippen molar-refractivity contribution in [2.24, 2.45) is 0 Å². The number of anilines is 6. The summed E-state index contributed by atoms with van der Waals surface area (Å²) in [5.74, 6) is 0. The predicted octanol–water partition coefficient (Wildman–Crippen LogP) is 17.2. The number of para-hydroxylation sites is 4. The van der Waals surface area contributed by atoms with Gasteiger partial charge in [0.1, 0.15) is 0 Å². The molecule has 1 heterocycles. The van der Waals surface area contributed by atoms with Crippen molar-refractivity contribution in [2.45, 2.75) is 5.41 Å². The minimum atomic E-state index is -0.586. The third-order valence-electron chi connectivity index (χ3n) is 14.5. The first-order valence-corrected chi connectivity index (χ1v) is 23.5. The van der Waals surface area contributed by atoms with Gasteiger partial charge in [0.25, 0.3) is 0 Å². The van der Waals surface area contributed by atoms with Gasteiger partial charge in [0.2, 0.25) is 0 Å². The second-order valence-corrected chi connectivity index (χ2v) is 18.0. The van der Waals surface area contributed by atoms with Gasteiger partial charge in [0.05, 0.1) is 33.5 Å². The zero-order valence-corrected chi connectivity index (χ0v) is 37.2. The van der Waals surface area contributed by atoms with Crippen LogP contribution in [0, 0.1) is 0 Å². The van der Waals surface area contributed by atoms with Crippen molar-refractivity contribution >= 4 is 66.7 Å². The maximum atomic E-state index is 2.54. The maximum absolute atomic E-state index is 2.54. The summed E-state index contributed by atoms with van der Waals surface area (Å²) in [7, 11) is 0. The predicted molar refractivity (Wildman–Crippen MR) is 284 cm³/mol. The first-order valence-electron chi connectivity index (χ1n) is 23.5. The Morgan fingerprint density at radius 3 is 1.43 bits per heavy atom. The van der Waals surface area contributed by atoms with Crippen LogP contribution in [0.3, 0.4) is 0 Å². The molecule has 12 aromatic rings. The van der Waals surface area contributed by atoms with Gasteiger partial charge >= 0.3 is 0 Å². The van der Waals surface area contributed by atoms with E-state index in [0.29, 0.717) is 0 Å². The fraction of sp³-hybridized carbons (Fsp3) is 0.0154. The van der Waals surface area contributed by atoms with Crippen molar-refractivity contribution in [1.29, 1.82) is 0 Å². The lowest BCUT2D eigenvalue weighted by molar-refractivity contribution is 0.793. The van der Waals surface area contributed by atoms with E-state index >= 15 is 0 Å². The van der Waals surface area contributed by atoms with Crippen molar-refractivity contribution in [3.05, 3.63) is 283 Å². The zero-order chi connectivity index (χ0) is 44.8. The Balaban J connectivity index is 1.07. The average Bonchev–Trinajstić information content (AvgIpc) is 4.02. The Morgan fingerprint density at radius 2 is 0.765 bits per heavy atom. The first kappa shape index (κ1) is 38.4. The molecule has 1 spiro atoms. The standard InChI is InChI=1S/C65H43N3/c1-4-23-45(24-5-1)66(46-25-6-2-7-26-46)60-39-19-35-56-63(60)52-31-12-15-33-54(52)65(56)55-34-16-13-32-53(55)64-57(65)36-20-40-61(64)68(58-38-18-22-44-21-10-11-29-49(44)58)48-41-42-51-50-30-14-17-37-59(50)67(62(51)43-48)47-27-8-3-9-28-47/h1-43H. The molecule has 318 valence electrons. The summed E-state index contributed by atoms with van der Waals surface area (Å²) in [6.45, 7) is 0. The molecule has 0 N–H and O–H groups in total. The highest BCUT2D eigenvalue weighted by Gasteiger charge is 2.53. The van der Waals surface area contributed by atoms with Gasteiger partial charge in [-0.25, -0.2) is 0 Å². The van der Waals surface area contributed by atoms with Crippen molar-refractivity contribution in [1.82, 2.24) is 4.57 Å². The minimum absolute atomic E-state index is 0.586. The van der Waals surface area contributed by atoms with E-state index in [4.69, 9.17) is 0 Å². The molecule has 0 saturated heterocycles. The molecule has 1 atom stereocenters. The van der Waals surface area contributed by atoms with E-state index in [-0.39, 0.29) is 0 Å². The van der Waals surface area contributed by atoms with Crippen LogP contribution in [0.4, 0.5) is 34.1 Å². The SMILES string of the molecule is c1ccc(N(c2ccccc2)c2cccc3c2-c2ccccc2C32c3ccccc3-c3c(N(c4ccc5c6ccccc6n(-c6ccccc6)c5c4)c4cccc5ccccc45)cccc32)cc1. The van der Waals surface area contributed by atoms with Crippen molar-refractivity contribution in [3.8, 4) is 27.9 Å². The van der Waals surface area contributed by atoms with E-state index in [1.807, 2.05) is 0 Å². The normalized spacial score (nSPS) is 14.2. The van der Waals surface area contributed by atoms with Crippen molar-refractivity contribution in [3.63, 3.8) is 0 Å². The molecule has 0 bridgehead atoms. The third kappa shape index (κ3) is 5.41. The van der Waals surface area contributed by atoms with E-state index in [9.17, 15) is 0 Å². The number of nitrogens with zero attached hydrogens (tertiary/aromatic N) is 3. The fourth-order valence-electron chi connectivity index (χ4n) is 11.9. The van der Waals surface area contributed by atoms with Crippen LogP contribution in [0.25, 0.3) is 60.5 Å². The van der Waals surface area contributed by atoms with Gasteiger partial charge in [-0.2, -0.15) is 0 Å². The first-order chi connectivity index (χ1) is 33.8. The molecule has 0 saturated carbocycles. The molecule has 2 aliphatic carbocycles. The number of rotatable bonds is 7. The second-order valence-electron chi connectivity index (χ2n) is 18.0. The summed E-state index contributed by atoms with van der Waals surface area (Å²) in [6.07, 6.45) is 0. The molecule has 0 radical (unpaired) electrons. The lowest BCUT2D eigenvalue weighted by atomic mass is 9.70. The van der Waals surface area contributed by atoms with E-state index < -0.39 is 5.41 Å². The van der Waals surface area contributed by atoms with Crippen LogP contribution in [0.2, 0.25) is 0 Å². The Kier molecular flexibility index (Phi) is 8.50. The van der Waals surface area contributed by atoms with Crippen LogP contribution in [0.1, 0.15) is 22.3 Å². The monoisotopic (exact) mass is 865 g/mol. The highest BCUT2D eigenvalue weighted by molar-refractivity contribution is 6.12. The fourth-order valence-corrected chi connectivity index (χ4v) is 11.9. The molecule has 3 heteroatoms. The Hall–Kier alpha value is -8.92. The van der Waals surface area contributed by atoms with Crippen LogP contribution < -0.4 is 9.80 Å². The summed E-state index contributed by atoms with van der Waals surface area (Å²) in [6, 6.07) is 96.1. The molecule has 14 rings (SSSR count). The highest BCUT2D eigenvalue weighted by atomic mass is 15.2. The van der Waals surface area contributed by atoms with E-state index in [1.54, 1.807) is 0 Å². The minimum Gasteiger partial charge on any atom is -0.310 e. The number of hydrogen-bond donors (Lipinski definition) is 0. The quantitative estimate of drug-likeness (QED) is 0.158. The van der Waals surface area contributed by atoms with Gasteiger partial charge in [0.15, 0.2) is 0 Å². The summed E-state index contributed by atoms with van der Waals surface area (Å²) >= 11 is 0. The Labute approximate surface area is 395 Å². The van der Waals surface area contributed by atoms with Crippen LogP contribution in [0.15, 0.2) is 261 Å². The summed E-state index contributed by atoms with van der Waals surface area (Å²) in [5, 5.41) is 4.86. The second kappa shape index (κ2) is 15.1. The maximum Gasteiger partial charge on any atom is 0.0727 e. The number of fused-ring (bicyclic) bond motifs is 14. The smallest absolute Gasteiger partial charge is 0.0727 e. The summed E-state index contributed by atoms with van der Waals surface area (Å²) < 4.78 is 2.42. The Bertz CT molecular complexity index is 3880. The molecule has 11 aromatic carbocycles. The molecule has 0 amide bonds. The topological polar surface area (TPSA) is 11.4 Å². The molecule has 1 aromatic heterocycles. The number of hydrogen-bond acceptors (Lipinski definition) is 2. The van der Waals surface area contributed by atoms with Crippen LogP contribution >= 0.6 is 0 Å². The zero-order valence-electron chi connectivity index (χ0n) is 37.2. The van der Waals surface area contributed by atoms with E-state index in [0.717, 1.165) is 45.3 Å². The molecule has 0 fully saturated rings. The lowest BCUT2D eigenvalue weighted by Gasteiger charge is -2.33. The van der Waals surface area contributed by atoms with Crippen LogP contribution in [-0.4, -0.2) is 4.57 Å². The molecular formula is C65H43N3. The molecule has 0 aliphatic heterocycles. The van der Waals surface area contributed by atoms with Gasteiger partial charge in [-0.1, -0.05) is 188 Å². The average molecular weight is 866 g/mol. The van der Waals surface area contributed by atoms with Gasteiger partial charge in [0, 0.05) is 50.0 Å². The number of benzene rings is 11. The van der Waals surface area contributed by atoms with Gasteiger partial charge < -0.3 is 14.4 Å². The van der Waals surface area contributed by atoms with Crippen LogP contribution in [0.5, 0.6) is 0 Å². The van der Waals surface area contributed by atoms with Crippen LogP contribution in [-0.2, 0) is 5.41 Å². The molecule has 68 heavy (non-hydrogen) atoms. The van der Waals surface area contributed by atoms with Crippen molar-refractivity contribution < 1.29 is 0 Å². The largest absolute Gasteiger partial charge is 0.310 e. The van der Waals surface area contributed by atoms with Gasteiger partial charge in [-0.15, -0.1) is 0 Å². The molecule has 3 nitrogen and oxygen atoms in total. The Morgan fingerprint density at radius 1 is 0.294 bits per heavy atom.